The zero-order valence-electron chi connectivity index (χ0n) is 13.7. The maximum atomic E-state index is 12.3. The first-order chi connectivity index (χ1) is 11.0. The Labute approximate surface area is 137 Å². The number of urea groups is 1. The summed E-state index contributed by atoms with van der Waals surface area (Å²) < 4.78 is 0. The summed E-state index contributed by atoms with van der Waals surface area (Å²) in [5.41, 5.74) is 1.08. The van der Waals surface area contributed by atoms with Gasteiger partial charge in [-0.05, 0) is 48.1 Å². The SMILES string of the molecule is CC(NC(=O)N(C)CC(O)C1CC1)c1ccc2ccccc2c1. The summed E-state index contributed by atoms with van der Waals surface area (Å²) in [6.07, 6.45) is 1.75. The lowest BCUT2D eigenvalue weighted by Crippen LogP contribution is -2.42. The van der Waals surface area contributed by atoms with E-state index in [4.69, 9.17) is 0 Å². The lowest BCUT2D eigenvalue weighted by molar-refractivity contribution is 0.113. The van der Waals surface area contributed by atoms with Gasteiger partial charge in [0.15, 0.2) is 0 Å². The molecule has 23 heavy (non-hydrogen) atoms. The Morgan fingerprint density at radius 2 is 1.96 bits per heavy atom. The molecular formula is C19H24N2O2. The molecule has 0 spiro atoms. The van der Waals surface area contributed by atoms with Crippen LogP contribution in [0.1, 0.15) is 31.4 Å². The summed E-state index contributed by atoms with van der Waals surface area (Å²) in [5, 5.41) is 15.3. The van der Waals surface area contributed by atoms with E-state index in [0.717, 1.165) is 18.4 Å². The second kappa shape index (κ2) is 6.59. The molecule has 2 N–H and O–H groups in total. The zero-order valence-corrected chi connectivity index (χ0v) is 13.7. The number of nitrogens with zero attached hydrogens (tertiary/aromatic N) is 1. The Morgan fingerprint density at radius 1 is 1.26 bits per heavy atom. The topological polar surface area (TPSA) is 52.6 Å². The molecule has 2 aromatic rings. The quantitative estimate of drug-likeness (QED) is 0.890. The first-order valence-electron chi connectivity index (χ1n) is 8.23. The van der Waals surface area contributed by atoms with Gasteiger partial charge in [-0.15, -0.1) is 0 Å². The van der Waals surface area contributed by atoms with Crippen LogP contribution in [-0.4, -0.2) is 35.7 Å². The van der Waals surface area contributed by atoms with E-state index in [1.807, 2.05) is 25.1 Å². The summed E-state index contributed by atoms with van der Waals surface area (Å²) in [6, 6.07) is 14.2. The molecule has 0 radical (unpaired) electrons. The summed E-state index contributed by atoms with van der Waals surface area (Å²) in [7, 11) is 1.73. The van der Waals surface area contributed by atoms with Gasteiger partial charge in [0.25, 0.3) is 0 Å². The van der Waals surface area contributed by atoms with Crippen molar-refractivity contribution in [3.8, 4) is 0 Å². The van der Waals surface area contributed by atoms with Crippen molar-refractivity contribution < 1.29 is 9.90 Å². The molecule has 1 aliphatic carbocycles. The van der Waals surface area contributed by atoms with Crippen LogP contribution in [0.3, 0.4) is 0 Å². The third kappa shape index (κ3) is 3.82. The van der Waals surface area contributed by atoms with Gasteiger partial charge in [-0.25, -0.2) is 4.79 Å². The first-order valence-corrected chi connectivity index (χ1v) is 8.23. The molecular weight excluding hydrogens is 288 g/mol. The number of hydrogen-bond acceptors (Lipinski definition) is 2. The van der Waals surface area contributed by atoms with E-state index in [1.165, 1.54) is 10.8 Å². The van der Waals surface area contributed by atoms with E-state index in [0.29, 0.717) is 12.5 Å². The number of likely N-dealkylation sites (N-methyl/N-ethyl adjacent to an activating group) is 1. The molecule has 0 heterocycles. The maximum absolute atomic E-state index is 12.3. The summed E-state index contributed by atoms with van der Waals surface area (Å²) in [5.74, 6) is 0.378. The van der Waals surface area contributed by atoms with E-state index < -0.39 is 6.10 Å². The minimum absolute atomic E-state index is 0.0763. The minimum Gasteiger partial charge on any atom is -0.391 e. The second-order valence-corrected chi connectivity index (χ2v) is 6.56. The number of aliphatic hydroxyl groups is 1. The average Bonchev–Trinajstić information content (AvgIpc) is 3.39. The zero-order chi connectivity index (χ0) is 16.4. The highest BCUT2D eigenvalue weighted by atomic mass is 16.3. The number of benzene rings is 2. The van der Waals surface area contributed by atoms with Gasteiger partial charge < -0.3 is 15.3 Å². The molecule has 1 fully saturated rings. The lowest BCUT2D eigenvalue weighted by atomic mass is 10.0. The number of carbonyl (C=O) groups excluding carboxylic acids is 1. The number of amides is 2. The van der Waals surface area contributed by atoms with Crippen molar-refractivity contribution in [1.29, 1.82) is 0 Å². The highest BCUT2D eigenvalue weighted by molar-refractivity contribution is 5.83. The molecule has 0 saturated heterocycles. The fourth-order valence-electron chi connectivity index (χ4n) is 2.85. The van der Waals surface area contributed by atoms with Gasteiger partial charge in [-0.1, -0.05) is 36.4 Å². The van der Waals surface area contributed by atoms with Crippen LogP contribution in [0.25, 0.3) is 10.8 Å². The summed E-state index contributed by atoms with van der Waals surface area (Å²) >= 11 is 0. The standard InChI is InChI=1S/C19H24N2O2/c1-13(16-10-7-14-5-3-4-6-17(14)11-16)20-19(23)21(2)12-18(22)15-8-9-15/h3-7,10-11,13,15,18,22H,8-9,12H2,1-2H3,(H,20,23). The molecule has 0 aromatic heterocycles. The van der Waals surface area contributed by atoms with E-state index in [2.05, 4.69) is 29.6 Å². The molecule has 2 amide bonds. The van der Waals surface area contributed by atoms with Crippen molar-refractivity contribution in [3.63, 3.8) is 0 Å². The van der Waals surface area contributed by atoms with Gasteiger partial charge in [0.1, 0.15) is 0 Å². The van der Waals surface area contributed by atoms with Gasteiger partial charge in [-0.2, -0.15) is 0 Å². The van der Waals surface area contributed by atoms with E-state index in [-0.39, 0.29) is 12.1 Å². The molecule has 4 heteroatoms. The number of aliphatic hydroxyl groups excluding tert-OH is 1. The molecule has 2 aromatic carbocycles. The predicted molar refractivity (Wildman–Crippen MR) is 92.3 cm³/mol. The van der Waals surface area contributed by atoms with Crippen LogP contribution >= 0.6 is 0 Å². The Kier molecular flexibility index (Phi) is 4.53. The number of fused-ring (bicyclic) bond motifs is 1. The Balaban J connectivity index is 1.62. The molecule has 2 atom stereocenters. The van der Waals surface area contributed by atoms with Gasteiger partial charge in [0, 0.05) is 13.6 Å². The molecule has 1 saturated carbocycles. The third-order valence-corrected chi connectivity index (χ3v) is 4.59. The van der Waals surface area contributed by atoms with Crippen LogP contribution in [0, 0.1) is 5.92 Å². The molecule has 0 bridgehead atoms. The summed E-state index contributed by atoms with van der Waals surface area (Å²) in [4.78, 5) is 13.8. The van der Waals surface area contributed by atoms with Gasteiger partial charge in [-0.3, -0.25) is 0 Å². The summed E-state index contributed by atoms with van der Waals surface area (Å²) in [6.45, 7) is 2.37. The molecule has 122 valence electrons. The van der Waals surface area contributed by atoms with E-state index in [1.54, 1.807) is 11.9 Å². The van der Waals surface area contributed by atoms with Gasteiger partial charge >= 0.3 is 6.03 Å². The van der Waals surface area contributed by atoms with Crippen LogP contribution in [0.5, 0.6) is 0 Å². The van der Waals surface area contributed by atoms with Crippen molar-refractivity contribution in [2.75, 3.05) is 13.6 Å². The molecule has 3 rings (SSSR count). The molecule has 4 nitrogen and oxygen atoms in total. The number of rotatable bonds is 5. The largest absolute Gasteiger partial charge is 0.391 e. The highest BCUT2D eigenvalue weighted by Crippen LogP contribution is 2.32. The number of hydrogen-bond donors (Lipinski definition) is 2. The van der Waals surface area contributed by atoms with Gasteiger partial charge in [0.05, 0.1) is 12.1 Å². The van der Waals surface area contributed by atoms with Crippen molar-refractivity contribution in [3.05, 3.63) is 48.0 Å². The van der Waals surface area contributed by atoms with Crippen molar-refractivity contribution >= 4 is 16.8 Å². The normalized spacial score (nSPS) is 16.8. The lowest BCUT2D eigenvalue weighted by Gasteiger charge is -2.24. The van der Waals surface area contributed by atoms with Crippen LogP contribution in [-0.2, 0) is 0 Å². The second-order valence-electron chi connectivity index (χ2n) is 6.56. The van der Waals surface area contributed by atoms with E-state index >= 15 is 0 Å². The number of carbonyl (C=O) groups is 1. The molecule has 1 aliphatic rings. The van der Waals surface area contributed by atoms with Crippen molar-refractivity contribution in [1.82, 2.24) is 10.2 Å². The third-order valence-electron chi connectivity index (χ3n) is 4.59. The fourth-order valence-corrected chi connectivity index (χ4v) is 2.85. The molecule has 2 unspecified atom stereocenters. The van der Waals surface area contributed by atoms with E-state index in [9.17, 15) is 9.90 Å². The minimum atomic E-state index is -0.401. The monoisotopic (exact) mass is 312 g/mol. The van der Waals surface area contributed by atoms with Crippen molar-refractivity contribution in [2.24, 2.45) is 5.92 Å². The molecule has 0 aliphatic heterocycles. The van der Waals surface area contributed by atoms with Crippen LogP contribution in [0.2, 0.25) is 0 Å². The van der Waals surface area contributed by atoms with Crippen LogP contribution in [0.4, 0.5) is 4.79 Å². The fraction of sp³-hybridized carbons (Fsp3) is 0.421. The predicted octanol–water partition coefficient (Wildman–Crippen LogP) is 3.31. The Hall–Kier alpha value is -2.07. The maximum Gasteiger partial charge on any atom is 0.317 e. The van der Waals surface area contributed by atoms with Crippen LogP contribution in [0.15, 0.2) is 42.5 Å². The van der Waals surface area contributed by atoms with Crippen LogP contribution < -0.4 is 5.32 Å². The Bertz CT molecular complexity index is 697. The highest BCUT2D eigenvalue weighted by Gasteiger charge is 2.31. The number of nitrogens with one attached hydrogen (secondary N) is 1. The first kappa shape index (κ1) is 15.8. The smallest absolute Gasteiger partial charge is 0.317 e. The Morgan fingerprint density at radius 3 is 2.65 bits per heavy atom. The average molecular weight is 312 g/mol. The van der Waals surface area contributed by atoms with Gasteiger partial charge in [0.2, 0.25) is 0 Å². The van der Waals surface area contributed by atoms with Crippen molar-refractivity contribution in [2.45, 2.75) is 31.9 Å².